The average molecular weight is 339 g/mol. The Kier molecular flexibility index (Phi) is 4.56. The Balaban J connectivity index is 1.93. The van der Waals surface area contributed by atoms with Crippen molar-refractivity contribution >= 4 is 23.3 Å². The van der Waals surface area contributed by atoms with E-state index in [2.05, 4.69) is 15.5 Å². The molecule has 25 heavy (non-hydrogen) atoms. The summed E-state index contributed by atoms with van der Waals surface area (Å²) in [5.74, 6) is 0.672. The molecule has 1 heterocycles. The number of anilines is 1. The fourth-order valence-electron chi connectivity index (χ4n) is 3.01. The quantitative estimate of drug-likeness (QED) is 0.452. The predicted molar refractivity (Wildman–Crippen MR) is 97.9 cm³/mol. The standard InChI is InChI=1S/C18H21N5O2/c1-10-5-3-6-12(9-10)21-17(24)16-11(2)15-13(22-23-18(19)20)7-4-8-14(15)25-16/h3,5-6,9H,4,7-8H2,1-2H3,(H,21,24)(H4,19,20,23)/b22-13+. The molecule has 0 unspecified atom stereocenters. The Hall–Kier alpha value is -3.09. The van der Waals surface area contributed by atoms with Gasteiger partial charge in [-0.05, 0) is 44.4 Å². The number of hydrogen-bond donors (Lipinski definition) is 3. The summed E-state index contributed by atoms with van der Waals surface area (Å²) in [5.41, 5.74) is 14.8. The van der Waals surface area contributed by atoms with E-state index in [1.165, 1.54) is 0 Å². The van der Waals surface area contributed by atoms with Crippen LogP contribution in [-0.4, -0.2) is 17.6 Å². The molecule has 3 rings (SSSR count). The molecule has 5 N–H and O–H groups in total. The molecule has 1 aliphatic carbocycles. The van der Waals surface area contributed by atoms with Gasteiger partial charge in [0.1, 0.15) is 5.76 Å². The number of rotatable bonds is 3. The predicted octanol–water partition coefficient (Wildman–Crippen LogP) is 2.46. The lowest BCUT2D eigenvalue weighted by atomic mass is 9.93. The van der Waals surface area contributed by atoms with E-state index >= 15 is 0 Å². The fraction of sp³-hybridized carbons (Fsp3) is 0.278. The number of furan rings is 1. The van der Waals surface area contributed by atoms with Gasteiger partial charge in [0.25, 0.3) is 5.91 Å². The van der Waals surface area contributed by atoms with E-state index in [9.17, 15) is 4.79 Å². The minimum Gasteiger partial charge on any atom is -0.455 e. The average Bonchev–Trinajstić information content (AvgIpc) is 2.91. The molecule has 0 bridgehead atoms. The number of hydrogen-bond acceptors (Lipinski definition) is 4. The van der Waals surface area contributed by atoms with Gasteiger partial charge in [0.2, 0.25) is 5.96 Å². The lowest BCUT2D eigenvalue weighted by molar-refractivity contribution is 0.0994. The molecule has 1 aliphatic rings. The van der Waals surface area contributed by atoms with Crippen molar-refractivity contribution in [3.63, 3.8) is 0 Å². The Bertz CT molecular complexity index is 876. The Morgan fingerprint density at radius 1 is 1.24 bits per heavy atom. The number of guanidine groups is 1. The Morgan fingerprint density at radius 2 is 2.04 bits per heavy atom. The molecule has 1 aromatic heterocycles. The lowest BCUT2D eigenvalue weighted by Gasteiger charge is -2.11. The number of carbonyl (C=O) groups excluding carboxylic acids is 1. The van der Waals surface area contributed by atoms with Gasteiger partial charge in [-0.15, -0.1) is 5.10 Å². The smallest absolute Gasteiger partial charge is 0.291 e. The van der Waals surface area contributed by atoms with Gasteiger partial charge in [0.05, 0.1) is 5.71 Å². The summed E-state index contributed by atoms with van der Waals surface area (Å²) < 4.78 is 5.83. The number of nitrogens with one attached hydrogen (secondary N) is 1. The monoisotopic (exact) mass is 339 g/mol. The first-order valence-corrected chi connectivity index (χ1v) is 8.12. The zero-order chi connectivity index (χ0) is 18.0. The molecule has 1 amide bonds. The molecule has 0 atom stereocenters. The lowest BCUT2D eigenvalue weighted by Crippen LogP contribution is -2.22. The van der Waals surface area contributed by atoms with Crippen LogP contribution in [0, 0.1) is 13.8 Å². The van der Waals surface area contributed by atoms with Crippen molar-refractivity contribution in [1.29, 1.82) is 0 Å². The van der Waals surface area contributed by atoms with Gasteiger partial charge >= 0.3 is 0 Å². The van der Waals surface area contributed by atoms with Crippen LogP contribution >= 0.6 is 0 Å². The third-order valence-corrected chi connectivity index (χ3v) is 4.09. The maximum Gasteiger partial charge on any atom is 0.291 e. The highest BCUT2D eigenvalue weighted by atomic mass is 16.4. The largest absolute Gasteiger partial charge is 0.455 e. The molecule has 0 fully saturated rings. The summed E-state index contributed by atoms with van der Waals surface area (Å²) in [4.78, 5) is 12.6. The summed E-state index contributed by atoms with van der Waals surface area (Å²) in [6.45, 7) is 3.82. The molecule has 0 spiro atoms. The van der Waals surface area contributed by atoms with Crippen molar-refractivity contribution in [3.8, 4) is 0 Å². The van der Waals surface area contributed by atoms with Crippen molar-refractivity contribution < 1.29 is 9.21 Å². The summed E-state index contributed by atoms with van der Waals surface area (Å²) in [7, 11) is 0. The number of aryl methyl sites for hydroxylation is 2. The first kappa shape index (κ1) is 16.8. The number of carbonyl (C=O) groups is 1. The second-order valence-electron chi connectivity index (χ2n) is 6.10. The van der Waals surface area contributed by atoms with Gasteiger partial charge in [-0.2, -0.15) is 5.10 Å². The highest BCUT2D eigenvalue weighted by Gasteiger charge is 2.28. The SMILES string of the molecule is Cc1cccc(NC(=O)c2oc3c(c2C)/C(=N/N=C(N)N)CCC3)c1. The zero-order valence-electron chi connectivity index (χ0n) is 14.3. The minimum atomic E-state index is -0.279. The maximum atomic E-state index is 12.6. The normalized spacial score (nSPS) is 14.9. The van der Waals surface area contributed by atoms with E-state index in [1.54, 1.807) is 0 Å². The number of fused-ring (bicyclic) bond motifs is 1. The van der Waals surface area contributed by atoms with Gasteiger partial charge in [0, 0.05) is 23.2 Å². The van der Waals surface area contributed by atoms with Gasteiger partial charge in [-0.3, -0.25) is 4.79 Å². The van der Waals surface area contributed by atoms with Crippen LogP contribution in [0.25, 0.3) is 0 Å². The third-order valence-electron chi connectivity index (χ3n) is 4.09. The molecule has 1 aromatic carbocycles. The molecule has 0 radical (unpaired) electrons. The summed E-state index contributed by atoms with van der Waals surface area (Å²) in [5, 5.41) is 10.7. The molecule has 7 heteroatoms. The number of nitrogens with two attached hydrogens (primary N) is 2. The first-order valence-electron chi connectivity index (χ1n) is 8.12. The summed E-state index contributed by atoms with van der Waals surface area (Å²) in [6, 6.07) is 7.61. The molecule has 2 aromatic rings. The van der Waals surface area contributed by atoms with E-state index in [-0.39, 0.29) is 11.9 Å². The van der Waals surface area contributed by atoms with Gasteiger partial charge in [0.15, 0.2) is 5.76 Å². The molecule has 7 nitrogen and oxygen atoms in total. The van der Waals surface area contributed by atoms with Crippen molar-refractivity contribution in [1.82, 2.24) is 0 Å². The Labute approximate surface area is 145 Å². The minimum absolute atomic E-state index is 0.0989. The number of benzene rings is 1. The Morgan fingerprint density at radius 3 is 2.76 bits per heavy atom. The fourth-order valence-corrected chi connectivity index (χ4v) is 3.01. The van der Waals surface area contributed by atoms with E-state index in [0.717, 1.165) is 53.1 Å². The first-order chi connectivity index (χ1) is 12.0. The highest BCUT2D eigenvalue weighted by molar-refractivity contribution is 6.09. The van der Waals surface area contributed by atoms with Crippen LogP contribution in [0.3, 0.4) is 0 Å². The number of nitrogens with zero attached hydrogens (tertiary/aromatic N) is 2. The van der Waals surface area contributed by atoms with Gasteiger partial charge in [-0.1, -0.05) is 12.1 Å². The topological polar surface area (TPSA) is 119 Å². The van der Waals surface area contributed by atoms with E-state index in [1.807, 2.05) is 38.1 Å². The van der Waals surface area contributed by atoms with Crippen LogP contribution in [0.5, 0.6) is 0 Å². The van der Waals surface area contributed by atoms with Crippen molar-refractivity contribution in [3.05, 3.63) is 52.5 Å². The second kappa shape index (κ2) is 6.80. The van der Waals surface area contributed by atoms with Crippen molar-refractivity contribution in [2.45, 2.75) is 33.1 Å². The van der Waals surface area contributed by atoms with E-state index < -0.39 is 0 Å². The second-order valence-corrected chi connectivity index (χ2v) is 6.10. The van der Waals surface area contributed by atoms with Gasteiger partial charge < -0.3 is 21.2 Å². The van der Waals surface area contributed by atoms with Crippen LogP contribution in [-0.2, 0) is 6.42 Å². The maximum absolute atomic E-state index is 12.6. The van der Waals surface area contributed by atoms with Gasteiger partial charge in [-0.25, -0.2) is 0 Å². The van der Waals surface area contributed by atoms with Crippen LogP contribution in [0.15, 0.2) is 38.9 Å². The summed E-state index contributed by atoms with van der Waals surface area (Å²) >= 11 is 0. The van der Waals surface area contributed by atoms with E-state index in [0.29, 0.717) is 5.76 Å². The molecule has 0 saturated carbocycles. The van der Waals surface area contributed by atoms with Crippen LogP contribution in [0.4, 0.5) is 5.69 Å². The molecular formula is C18H21N5O2. The third kappa shape index (κ3) is 3.55. The molecule has 0 saturated heterocycles. The highest BCUT2D eigenvalue weighted by Crippen LogP contribution is 2.30. The van der Waals surface area contributed by atoms with Crippen LogP contribution in [0.2, 0.25) is 0 Å². The van der Waals surface area contributed by atoms with E-state index in [4.69, 9.17) is 15.9 Å². The summed E-state index contributed by atoms with van der Waals surface area (Å²) in [6.07, 6.45) is 2.37. The molecule has 0 aliphatic heterocycles. The zero-order valence-corrected chi connectivity index (χ0v) is 14.3. The van der Waals surface area contributed by atoms with Crippen molar-refractivity contribution in [2.75, 3.05) is 5.32 Å². The molecular weight excluding hydrogens is 318 g/mol. The number of amides is 1. The molecule has 130 valence electrons. The van der Waals surface area contributed by atoms with Crippen LogP contribution < -0.4 is 16.8 Å². The van der Waals surface area contributed by atoms with Crippen molar-refractivity contribution in [2.24, 2.45) is 21.7 Å². The van der Waals surface area contributed by atoms with Crippen LogP contribution in [0.1, 0.15) is 45.8 Å².